The van der Waals surface area contributed by atoms with E-state index in [2.05, 4.69) is 10.6 Å². The smallest absolute Gasteiger partial charge is 0.316 e. The number of rotatable bonds is 2. The molecule has 0 radical (unpaired) electrons. The third kappa shape index (κ3) is 3.19. The molecule has 0 spiro atoms. The molecule has 4 N–H and O–H groups in total. The molecule has 6 nitrogen and oxygen atoms in total. The zero-order valence-corrected chi connectivity index (χ0v) is 10.3. The van der Waals surface area contributed by atoms with Gasteiger partial charge in [0.15, 0.2) is 0 Å². The van der Waals surface area contributed by atoms with Crippen molar-refractivity contribution in [1.82, 2.24) is 10.2 Å². The van der Waals surface area contributed by atoms with Gasteiger partial charge in [-0.15, -0.1) is 0 Å². The van der Waals surface area contributed by atoms with Gasteiger partial charge in [0.2, 0.25) is 0 Å². The summed E-state index contributed by atoms with van der Waals surface area (Å²) in [5, 5.41) is 5.28. The summed E-state index contributed by atoms with van der Waals surface area (Å²) in [6.07, 6.45) is 0. The highest BCUT2D eigenvalue weighted by Crippen LogP contribution is 2.17. The van der Waals surface area contributed by atoms with Crippen molar-refractivity contribution in [3.05, 3.63) is 29.6 Å². The summed E-state index contributed by atoms with van der Waals surface area (Å²) in [6, 6.07) is 3.06. The fourth-order valence-electron chi connectivity index (χ4n) is 1.93. The number of halogens is 1. The number of piperazine rings is 1. The number of hydrogen-bond acceptors (Lipinski definition) is 3. The van der Waals surface area contributed by atoms with E-state index in [0.29, 0.717) is 13.1 Å². The van der Waals surface area contributed by atoms with Crippen LogP contribution in [0.5, 0.6) is 0 Å². The number of nitrogens with one attached hydrogen (secondary N) is 2. The average Bonchev–Trinajstić information content (AvgIpc) is 2.41. The van der Waals surface area contributed by atoms with Crippen LogP contribution >= 0.6 is 0 Å². The van der Waals surface area contributed by atoms with Gasteiger partial charge in [0, 0.05) is 31.7 Å². The lowest BCUT2D eigenvalue weighted by atomic mass is 10.1. The van der Waals surface area contributed by atoms with Gasteiger partial charge < -0.3 is 21.3 Å². The van der Waals surface area contributed by atoms with Gasteiger partial charge >= 0.3 is 6.03 Å². The minimum Gasteiger partial charge on any atom is -0.351 e. The number of nitrogens with zero attached hydrogens (tertiary/aromatic N) is 1. The summed E-state index contributed by atoms with van der Waals surface area (Å²) in [4.78, 5) is 24.4. The molecule has 1 aromatic carbocycles. The maximum absolute atomic E-state index is 13.7. The quantitative estimate of drug-likeness (QED) is 0.722. The van der Waals surface area contributed by atoms with E-state index in [0.717, 1.165) is 19.2 Å². The van der Waals surface area contributed by atoms with Gasteiger partial charge in [-0.3, -0.25) is 4.79 Å². The van der Waals surface area contributed by atoms with E-state index in [1.807, 2.05) is 0 Å². The van der Waals surface area contributed by atoms with Crippen LogP contribution in [0.3, 0.4) is 0 Å². The summed E-state index contributed by atoms with van der Waals surface area (Å²) >= 11 is 0. The number of benzene rings is 1. The largest absolute Gasteiger partial charge is 0.351 e. The molecule has 1 aromatic rings. The van der Waals surface area contributed by atoms with E-state index in [1.54, 1.807) is 4.90 Å². The number of anilines is 1. The van der Waals surface area contributed by atoms with Crippen molar-refractivity contribution in [2.45, 2.75) is 0 Å². The fourth-order valence-corrected chi connectivity index (χ4v) is 1.93. The van der Waals surface area contributed by atoms with Crippen LogP contribution in [0, 0.1) is 5.82 Å². The van der Waals surface area contributed by atoms with E-state index in [9.17, 15) is 14.0 Å². The second kappa shape index (κ2) is 5.66. The number of carbonyl (C=O) groups excluding carboxylic acids is 2. The molecule has 19 heavy (non-hydrogen) atoms. The zero-order chi connectivity index (χ0) is 13.8. The topological polar surface area (TPSA) is 87.5 Å². The van der Waals surface area contributed by atoms with E-state index >= 15 is 0 Å². The van der Waals surface area contributed by atoms with E-state index in [1.165, 1.54) is 12.1 Å². The zero-order valence-electron chi connectivity index (χ0n) is 10.3. The molecule has 0 aliphatic carbocycles. The first-order valence-corrected chi connectivity index (χ1v) is 5.94. The molecule has 3 amide bonds. The Bertz CT molecular complexity index is 501. The second-order valence-electron chi connectivity index (χ2n) is 4.23. The summed E-state index contributed by atoms with van der Waals surface area (Å²) in [5.41, 5.74) is 5.13. The van der Waals surface area contributed by atoms with Crippen LogP contribution in [0.15, 0.2) is 18.2 Å². The molecule has 1 aliphatic rings. The van der Waals surface area contributed by atoms with Crippen LogP contribution in [-0.2, 0) is 0 Å². The predicted molar refractivity (Wildman–Crippen MR) is 68.4 cm³/mol. The summed E-state index contributed by atoms with van der Waals surface area (Å²) < 4.78 is 13.7. The highest BCUT2D eigenvalue weighted by Gasteiger charge is 2.19. The van der Waals surface area contributed by atoms with E-state index in [4.69, 9.17) is 5.73 Å². The number of carbonyl (C=O) groups is 2. The Morgan fingerprint density at radius 3 is 2.58 bits per heavy atom. The molecule has 1 fully saturated rings. The minimum absolute atomic E-state index is 0.0376. The molecule has 7 heteroatoms. The normalized spacial score (nSPS) is 15.1. The maximum atomic E-state index is 13.7. The van der Waals surface area contributed by atoms with Crippen molar-refractivity contribution in [2.75, 3.05) is 31.5 Å². The Hall–Kier alpha value is -2.15. The molecular weight excluding hydrogens is 251 g/mol. The predicted octanol–water partition coefficient (Wildman–Crippen LogP) is 0.362. The first kappa shape index (κ1) is 13.3. The summed E-state index contributed by atoms with van der Waals surface area (Å²) in [5.74, 6) is -0.897. The molecule has 102 valence electrons. The number of hydrogen-bond donors (Lipinski definition) is 3. The molecule has 2 rings (SSSR count). The number of urea groups is 1. The van der Waals surface area contributed by atoms with Crippen LogP contribution in [0.1, 0.15) is 10.4 Å². The molecule has 1 heterocycles. The molecule has 0 unspecified atom stereocenters. The van der Waals surface area contributed by atoms with Crippen LogP contribution < -0.4 is 16.4 Å². The van der Waals surface area contributed by atoms with E-state index in [-0.39, 0.29) is 17.2 Å². The molecule has 0 aromatic heterocycles. The molecule has 0 bridgehead atoms. The third-order valence-corrected chi connectivity index (χ3v) is 2.88. The highest BCUT2D eigenvalue weighted by atomic mass is 19.1. The standard InChI is InChI=1S/C12H15FN4O2/c13-9-7-8(1-2-10(9)16-12(14)19)11(18)17-5-3-15-4-6-17/h1-2,7,15H,3-6H2,(H3,14,16,19). The Labute approximate surface area is 109 Å². The summed E-state index contributed by atoms with van der Waals surface area (Å²) in [6.45, 7) is 2.66. The van der Waals surface area contributed by atoms with Crippen molar-refractivity contribution >= 4 is 17.6 Å². The SMILES string of the molecule is NC(=O)Nc1ccc(C(=O)N2CCNCC2)cc1F. The number of amides is 3. The third-order valence-electron chi connectivity index (χ3n) is 2.88. The van der Waals surface area contributed by atoms with Gasteiger partial charge in [-0.1, -0.05) is 0 Å². The second-order valence-corrected chi connectivity index (χ2v) is 4.23. The number of primary amides is 1. The summed E-state index contributed by atoms with van der Waals surface area (Å²) in [7, 11) is 0. The van der Waals surface area contributed by atoms with Gasteiger partial charge in [0.1, 0.15) is 5.82 Å². The van der Waals surface area contributed by atoms with Crippen molar-refractivity contribution in [2.24, 2.45) is 5.73 Å². The molecule has 1 aliphatic heterocycles. The maximum Gasteiger partial charge on any atom is 0.316 e. The van der Waals surface area contributed by atoms with Gasteiger partial charge in [0.05, 0.1) is 5.69 Å². The van der Waals surface area contributed by atoms with Gasteiger partial charge in [-0.2, -0.15) is 0 Å². The van der Waals surface area contributed by atoms with Crippen LogP contribution in [0.25, 0.3) is 0 Å². The van der Waals surface area contributed by atoms with Gasteiger partial charge in [-0.05, 0) is 18.2 Å². The Morgan fingerprint density at radius 1 is 1.32 bits per heavy atom. The monoisotopic (exact) mass is 266 g/mol. The Kier molecular flexibility index (Phi) is 3.96. The molecule has 0 saturated carbocycles. The Balaban J connectivity index is 2.14. The van der Waals surface area contributed by atoms with Gasteiger partial charge in [-0.25, -0.2) is 9.18 Å². The van der Waals surface area contributed by atoms with Crippen LogP contribution in [0.2, 0.25) is 0 Å². The van der Waals surface area contributed by atoms with E-state index < -0.39 is 11.8 Å². The lowest BCUT2D eigenvalue weighted by Gasteiger charge is -2.27. The van der Waals surface area contributed by atoms with Crippen molar-refractivity contribution in [3.63, 3.8) is 0 Å². The number of nitrogens with two attached hydrogens (primary N) is 1. The first-order valence-electron chi connectivity index (χ1n) is 5.94. The lowest BCUT2D eigenvalue weighted by molar-refractivity contribution is 0.0735. The minimum atomic E-state index is -0.847. The fraction of sp³-hybridized carbons (Fsp3) is 0.333. The van der Waals surface area contributed by atoms with Crippen LogP contribution in [-0.4, -0.2) is 43.0 Å². The van der Waals surface area contributed by atoms with Crippen molar-refractivity contribution < 1.29 is 14.0 Å². The van der Waals surface area contributed by atoms with Crippen molar-refractivity contribution in [3.8, 4) is 0 Å². The Morgan fingerprint density at radius 2 is 2.00 bits per heavy atom. The molecular formula is C12H15FN4O2. The van der Waals surface area contributed by atoms with Crippen LogP contribution in [0.4, 0.5) is 14.9 Å². The molecule has 0 atom stereocenters. The highest BCUT2D eigenvalue weighted by molar-refractivity contribution is 5.95. The first-order chi connectivity index (χ1) is 9.08. The average molecular weight is 266 g/mol. The van der Waals surface area contributed by atoms with Crippen molar-refractivity contribution in [1.29, 1.82) is 0 Å². The lowest BCUT2D eigenvalue weighted by Crippen LogP contribution is -2.46. The molecule has 1 saturated heterocycles. The van der Waals surface area contributed by atoms with Gasteiger partial charge in [0.25, 0.3) is 5.91 Å².